The van der Waals surface area contributed by atoms with Crippen molar-refractivity contribution < 1.29 is 13.2 Å². The molecule has 0 saturated carbocycles. The predicted octanol–water partition coefficient (Wildman–Crippen LogP) is 4.62. The van der Waals surface area contributed by atoms with Gasteiger partial charge in [0, 0.05) is 15.6 Å². The smallest absolute Gasteiger partial charge is 0.238 e. The van der Waals surface area contributed by atoms with Crippen molar-refractivity contribution in [3.63, 3.8) is 0 Å². The van der Waals surface area contributed by atoms with Gasteiger partial charge in [-0.3, -0.25) is 5.01 Å². The maximum Gasteiger partial charge on any atom is 0.238 e. The molecule has 158 valence electrons. The first kappa shape index (κ1) is 20.3. The second-order valence-electron chi connectivity index (χ2n) is 7.39. The quantitative estimate of drug-likeness (QED) is 0.601. The van der Waals surface area contributed by atoms with E-state index >= 15 is 0 Å². The minimum atomic E-state index is -3.79. The molecule has 0 radical (unpaired) electrons. The summed E-state index contributed by atoms with van der Waals surface area (Å²) in [5.74, 6) is 0.705. The number of fused-ring (bicyclic) bond motifs is 3. The summed E-state index contributed by atoms with van der Waals surface area (Å²) in [4.78, 5) is 0.0373. The van der Waals surface area contributed by atoms with Crippen LogP contribution in [0.5, 0.6) is 5.75 Å². The van der Waals surface area contributed by atoms with Crippen LogP contribution in [0.15, 0.2) is 76.7 Å². The zero-order valence-electron chi connectivity index (χ0n) is 16.1. The molecule has 2 aliphatic rings. The molecular formula is C22H17Cl2N3O3S. The second-order valence-corrected chi connectivity index (χ2v) is 9.80. The zero-order valence-corrected chi connectivity index (χ0v) is 18.4. The number of primary sulfonamides is 1. The van der Waals surface area contributed by atoms with E-state index in [0.717, 1.165) is 22.6 Å². The van der Waals surface area contributed by atoms with Crippen molar-refractivity contribution in [2.45, 2.75) is 10.9 Å². The summed E-state index contributed by atoms with van der Waals surface area (Å²) >= 11 is 12.7. The number of ether oxygens (including phenoxy) is 1. The summed E-state index contributed by atoms with van der Waals surface area (Å²) in [6.07, 6.45) is 0. The molecule has 3 aromatic rings. The summed E-state index contributed by atoms with van der Waals surface area (Å²) in [6, 6.07) is 19.2. The Morgan fingerprint density at radius 2 is 1.77 bits per heavy atom. The van der Waals surface area contributed by atoms with Crippen LogP contribution in [0.1, 0.15) is 17.2 Å². The van der Waals surface area contributed by atoms with Crippen LogP contribution in [-0.4, -0.2) is 20.7 Å². The molecule has 2 N–H and O–H groups in total. The summed E-state index contributed by atoms with van der Waals surface area (Å²) in [6.45, 7) is 0.436. The van der Waals surface area contributed by atoms with Crippen molar-refractivity contribution in [2.24, 2.45) is 16.2 Å². The van der Waals surface area contributed by atoms with Crippen LogP contribution in [0.2, 0.25) is 10.0 Å². The van der Waals surface area contributed by atoms with Crippen LogP contribution >= 0.6 is 23.2 Å². The first-order valence-electron chi connectivity index (χ1n) is 9.51. The van der Waals surface area contributed by atoms with Gasteiger partial charge in [0.05, 0.1) is 34.9 Å². The largest absolute Gasteiger partial charge is 0.492 e. The first-order valence-corrected chi connectivity index (χ1v) is 11.8. The molecule has 0 amide bonds. The number of hydrogen-bond donors (Lipinski definition) is 1. The van der Waals surface area contributed by atoms with Crippen LogP contribution in [0, 0.1) is 5.92 Å². The Kier molecular flexibility index (Phi) is 4.94. The van der Waals surface area contributed by atoms with Gasteiger partial charge in [0.2, 0.25) is 10.0 Å². The third kappa shape index (κ3) is 3.57. The molecule has 2 atom stereocenters. The lowest BCUT2D eigenvalue weighted by molar-refractivity contribution is 0.260. The Bertz CT molecular complexity index is 1310. The molecule has 0 bridgehead atoms. The number of halogens is 2. The Morgan fingerprint density at radius 1 is 1.03 bits per heavy atom. The Labute approximate surface area is 189 Å². The van der Waals surface area contributed by atoms with Gasteiger partial charge in [0.25, 0.3) is 0 Å². The number of hydrazone groups is 1. The molecule has 0 aliphatic carbocycles. The van der Waals surface area contributed by atoms with Crippen molar-refractivity contribution >= 4 is 44.6 Å². The third-order valence-electron chi connectivity index (χ3n) is 5.50. The molecule has 0 saturated heterocycles. The molecule has 0 spiro atoms. The van der Waals surface area contributed by atoms with Gasteiger partial charge < -0.3 is 4.74 Å². The lowest BCUT2D eigenvalue weighted by Crippen LogP contribution is -2.33. The molecule has 31 heavy (non-hydrogen) atoms. The predicted molar refractivity (Wildman–Crippen MR) is 121 cm³/mol. The van der Waals surface area contributed by atoms with Gasteiger partial charge in [0.15, 0.2) is 0 Å². The standard InChI is InChI=1S/C22H17Cl2N3O3S/c23-13-5-10-16(19(24)11-13)22-18-12-30-20-4-2-1-3-17(20)21(18)26-27(22)14-6-8-15(9-7-14)31(25,28)29/h1-11,18,22H,12H2,(H2,25,28,29). The van der Waals surface area contributed by atoms with Crippen molar-refractivity contribution in [2.75, 3.05) is 11.6 Å². The maximum atomic E-state index is 11.7. The van der Waals surface area contributed by atoms with Crippen LogP contribution in [-0.2, 0) is 10.0 Å². The number of benzene rings is 3. The number of rotatable bonds is 3. The topological polar surface area (TPSA) is 85.0 Å². The van der Waals surface area contributed by atoms with Crippen LogP contribution in [0.4, 0.5) is 5.69 Å². The Morgan fingerprint density at radius 3 is 2.48 bits per heavy atom. The lowest BCUT2D eigenvalue weighted by atomic mass is 9.85. The highest BCUT2D eigenvalue weighted by molar-refractivity contribution is 7.89. The van der Waals surface area contributed by atoms with E-state index in [1.165, 1.54) is 12.1 Å². The van der Waals surface area contributed by atoms with Crippen LogP contribution in [0.3, 0.4) is 0 Å². The normalized spacial score (nSPS) is 20.0. The lowest BCUT2D eigenvalue weighted by Gasteiger charge is -2.31. The van der Waals surface area contributed by atoms with E-state index in [2.05, 4.69) is 0 Å². The van der Waals surface area contributed by atoms with E-state index < -0.39 is 10.0 Å². The van der Waals surface area contributed by atoms with Gasteiger partial charge in [-0.25, -0.2) is 13.6 Å². The summed E-state index contributed by atoms with van der Waals surface area (Å²) < 4.78 is 29.3. The SMILES string of the molecule is NS(=O)(=O)c1ccc(N2N=C3c4ccccc4OCC3C2c2ccc(Cl)cc2Cl)cc1. The summed E-state index contributed by atoms with van der Waals surface area (Å²) in [5, 5.41) is 13.1. The molecule has 0 aromatic heterocycles. The van der Waals surface area contributed by atoms with Gasteiger partial charge in [-0.1, -0.05) is 41.4 Å². The summed E-state index contributed by atoms with van der Waals surface area (Å²) in [5.41, 5.74) is 3.39. The number of hydrogen-bond acceptors (Lipinski definition) is 5. The van der Waals surface area contributed by atoms with Gasteiger partial charge in [-0.05, 0) is 54.1 Å². The first-order chi connectivity index (χ1) is 14.8. The summed E-state index contributed by atoms with van der Waals surface area (Å²) in [7, 11) is -3.79. The fraction of sp³-hybridized carbons (Fsp3) is 0.136. The van der Waals surface area contributed by atoms with E-state index in [1.54, 1.807) is 24.3 Å². The molecule has 2 aliphatic heterocycles. The number of sulfonamides is 1. The van der Waals surface area contributed by atoms with Crippen LogP contribution in [0.25, 0.3) is 0 Å². The fourth-order valence-corrected chi connectivity index (χ4v) is 5.11. The van der Waals surface area contributed by atoms with Gasteiger partial charge in [-0.15, -0.1) is 0 Å². The minimum absolute atomic E-state index is 0.0373. The third-order valence-corrected chi connectivity index (χ3v) is 7.00. The molecule has 0 fully saturated rings. The number of nitrogens with zero attached hydrogens (tertiary/aromatic N) is 2. The van der Waals surface area contributed by atoms with Crippen molar-refractivity contribution in [3.8, 4) is 5.75 Å². The molecule has 9 heteroatoms. The molecule has 5 rings (SSSR count). The molecule has 2 heterocycles. The highest BCUT2D eigenvalue weighted by atomic mass is 35.5. The average Bonchev–Trinajstić information content (AvgIpc) is 3.13. The van der Waals surface area contributed by atoms with Crippen molar-refractivity contribution in [1.29, 1.82) is 0 Å². The number of anilines is 1. The highest BCUT2D eigenvalue weighted by Gasteiger charge is 2.44. The van der Waals surface area contributed by atoms with E-state index in [9.17, 15) is 8.42 Å². The Hall–Kier alpha value is -2.58. The van der Waals surface area contributed by atoms with E-state index in [4.69, 9.17) is 38.2 Å². The van der Waals surface area contributed by atoms with E-state index in [-0.39, 0.29) is 16.9 Å². The van der Waals surface area contributed by atoms with E-state index in [0.29, 0.717) is 22.3 Å². The Balaban J connectivity index is 1.65. The van der Waals surface area contributed by atoms with Crippen molar-refractivity contribution in [1.82, 2.24) is 0 Å². The zero-order chi connectivity index (χ0) is 21.8. The van der Waals surface area contributed by atoms with Gasteiger partial charge in [0.1, 0.15) is 5.75 Å². The van der Waals surface area contributed by atoms with Gasteiger partial charge in [-0.2, -0.15) is 5.10 Å². The fourth-order valence-electron chi connectivity index (χ4n) is 4.08. The maximum absolute atomic E-state index is 11.7. The molecule has 2 unspecified atom stereocenters. The molecular weight excluding hydrogens is 457 g/mol. The number of nitrogens with two attached hydrogens (primary N) is 1. The number of para-hydroxylation sites is 1. The van der Waals surface area contributed by atoms with Crippen LogP contribution < -0.4 is 14.9 Å². The van der Waals surface area contributed by atoms with Crippen molar-refractivity contribution in [3.05, 3.63) is 87.9 Å². The van der Waals surface area contributed by atoms with Gasteiger partial charge >= 0.3 is 0 Å². The second kappa shape index (κ2) is 7.53. The molecule has 6 nitrogen and oxygen atoms in total. The highest BCUT2D eigenvalue weighted by Crippen LogP contribution is 2.46. The average molecular weight is 474 g/mol. The van der Waals surface area contributed by atoms with E-state index in [1.807, 2.05) is 35.3 Å². The monoisotopic (exact) mass is 473 g/mol. The minimum Gasteiger partial charge on any atom is -0.492 e. The molecule has 3 aromatic carbocycles.